The standard InChI is InChI=1S/C10H11N2S.HI/c1-8-11-10(7-13-8)9-4-3-5-12(2)6-9;/h3-7H,1-2H3;1H/q+1;/p-1. The lowest BCUT2D eigenvalue weighted by Gasteiger charge is -1.92. The first-order valence-corrected chi connectivity index (χ1v) is 5.01. The number of hydrogen-bond acceptors (Lipinski definition) is 2. The smallest absolute Gasteiger partial charge is 0.178 e. The fraction of sp³-hybridized carbons (Fsp3) is 0.200. The van der Waals surface area contributed by atoms with Gasteiger partial charge in [0.1, 0.15) is 7.05 Å². The summed E-state index contributed by atoms with van der Waals surface area (Å²) in [7, 11) is 2.02. The molecule has 2 aromatic heterocycles. The molecule has 14 heavy (non-hydrogen) atoms. The molecule has 0 aliphatic heterocycles. The summed E-state index contributed by atoms with van der Waals surface area (Å²) in [5.74, 6) is 0. The Morgan fingerprint density at radius 2 is 2.21 bits per heavy atom. The fourth-order valence-electron chi connectivity index (χ4n) is 1.24. The van der Waals surface area contributed by atoms with E-state index in [1.54, 1.807) is 11.3 Å². The van der Waals surface area contributed by atoms with Gasteiger partial charge in [0.15, 0.2) is 12.4 Å². The number of rotatable bonds is 1. The van der Waals surface area contributed by atoms with Crippen molar-refractivity contribution in [3.8, 4) is 11.3 Å². The molecule has 0 aliphatic carbocycles. The van der Waals surface area contributed by atoms with Gasteiger partial charge >= 0.3 is 0 Å². The zero-order valence-corrected chi connectivity index (χ0v) is 11.0. The lowest BCUT2D eigenvalue weighted by molar-refractivity contribution is -0.671. The molecule has 0 radical (unpaired) electrons. The quantitative estimate of drug-likeness (QED) is 0.484. The largest absolute Gasteiger partial charge is 1.00 e. The van der Waals surface area contributed by atoms with Gasteiger partial charge in [0.2, 0.25) is 0 Å². The van der Waals surface area contributed by atoms with Crippen LogP contribution in [0.2, 0.25) is 0 Å². The van der Waals surface area contributed by atoms with Gasteiger partial charge in [-0.2, -0.15) is 0 Å². The first-order chi connectivity index (χ1) is 6.25. The highest BCUT2D eigenvalue weighted by molar-refractivity contribution is 7.09. The average molecular weight is 318 g/mol. The third kappa shape index (κ3) is 2.51. The second kappa shape index (κ2) is 4.84. The minimum atomic E-state index is 0. The molecule has 2 rings (SSSR count). The Labute approximate surface area is 105 Å². The zero-order valence-electron chi connectivity index (χ0n) is 8.07. The summed E-state index contributed by atoms with van der Waals surface area (Å²) in [4.78, 5) is 4.43. The van der Waals surface area contributed by atoms with Crippen molar-refractivity contribution in [2.45, 2.75) is 6.92 Å². The van der Waals surface area contributed by atoms with Gasteiger partial charge in [-0.05, 0) is 13.0 Å². The highest BCUT2D eigenvalue weighted by atomic mass is 127. The maximum atomic E-state index is 4.43. The molecule has 0 amide bonds. The van der Waals surface area contributed by atoms with Gasteiger partial charge < -0.3 is 24.0 Å². The van der Waals surface area contributed by atoms with Crippen LogP contribution in [0.4, 0.5) is 0 Å². The second-order valence-electron chi connectivity index (χ2n) is 3.01. The molecule has 74 valence electrons. The Bertz CT molecular complexity index is 426. The normalized spacial score (nSPS) is 9.57. The van der Waals surface area contributed by atoms with Crippen molar-refractivity contribution in [2.75, 3.05) is 0 Å². The Kier molecular flexibility index (Phi) is 4.00. The van der Waals surface area contributed by atoms with Crippen LogP contribution < -0.4 is 28.5 Å². The van der Waals surface area contributed by atoms with Gasteiger partial charge in [0.25, 0.3) is 0 Å². The van der Waals surface area contributed by atoms with Crippen LogP contribution in [-0.4, -0.2) is 4.98 Å². The summed E-state index contributed by atoms with van der Waals surface area (Å²) >= 11 is 1.68. The van der Waals surface area contributed by atoms with Crippen LogP contribution in [0.15, 0.2) is 29.9 Å². The Balaban J connectivity index is 0.000000980. The van der Waals surface area contributed by atoms with E-state index in [4.69, 9.17) is 0 Å². The van der Waals surface area contributed by atoms with E-state index >= 15 is 0 Å². The molecule has 0 unspecified atom stereocenters. The molecule has 0 fully saturated rings. The third-order valence-corrected chi connectivity index (χ3v) is 2.63. The third-order valence-electron chi connectivity index (χ3n) is 1.85. The zero-order chi connectivity index (χ0) is 9.26. The van der Waals surface area contributed by atoms with Gasteiger partial charge in [-0.25, -0.2) is 9.55 Å². The SMILES string of the molecule is Cc1nc(-c2ccc[n+](C)c2)cs1.[I-]. The number of nitrogens with zero attached hydrogens (tertiary/aromatic N) is 2. The number of hydrogen-bond donors (Lipinski definition) is 0. The molecular formula is C10H11IN2S. The monoisotopic (exact) mass is 318 g/mol. The van der Waals surface area contributed by atoms with Crippen molar-refractivity contribution in [3.63, 3.8) is 0 Å². The van der Waals surface area contributed by atoms with Gasteiger partial charge in [-0.15, -0.1) is 11.3 Å². The van der Waals surface area contributed by atoms with Gasteiger partial charge in [-0.3, -0.25) is 0 Å². The van der Waals surface area contributed by atoms with Crippen molar-refractivity contribution in [1.82, 2.24) is 4.98 Å². The maximum Gasteiger partial charge on any atom is 0.178 e. The van der Waals surface area contributed by atoms with Crippen molar-refractivity contribution in [2.24, 2.45) is 7.05 Å². The second-order valence-corrected chi connectivity index (χ2v) is 4.07. The molecule has 2 heterocycles. The van der Waals surface area contributed by atoms with E-state index in [0.717, 1.165) is 10.7 Å². The molecule has 0 aliphatic rings. The minimum absolute atomic E-state index is 0. The lowest BCUT2D eigenvalue weighted by Crippen LogP contribution is -3.00. The lowest BCUT2D eigenvalue weighted by atomic mass is 10.2. The van der Waals surface area contributed by atoms with E-state index in [0.29, 0.717) is 0 Å². The Morgan fingerprint density at radius 3 is 2.79 bits per heavy atom. The van der Waals surface area contributed by atoms with E-state index in [-0.39, 0.29) is 24.0 Å². The topological polar surface area (TPSA) is 16.8 Å². The highest BCUT2D eigenvalue weighted by Gasteiger charge is 2.04. The van der Waals surface area contributed by atoms with Crippen LogP contribution in [0.1, 0.15) is 5.01 Å². The number of aryl methyl sites for hydroxylation is 2. The number of aromatic nitrogens is 2. The highest BCUT2D eigenvalue weighted by Crippen LogP contribution is 2.19. The van der Waals surface area contributed by atoms with Gasteiger partial charge in [0.05, 0.1) is 16.3 Å². The fourth-order valence-corrected chi connectivity index (χ4v) is 1.86. The summed E-state index contributed by atoms with van der Waals surface area (Å²) in [5, 5.41) is 3.20. The average Bonchev–Trinajstić information content (AvgIpc) is 2.52. The van der Waals surface area contributed by atoms with Crippen LogP contribution >= 0.6 is 11.3 Å². The molecule has 2 nitrogen and oxygen atoms in total. The molecule has 0 saturated carbocycles. The van der Waals surface area contributed by atoms with Crippen molar-refractivity contribution >= 4 is 11.3 Å². The van der Waals surface area contributed by atoms with Crippen molar-refractivity contribution in [1.29, 1.82) is 0 Å². The summed E-state index contributed by atoms with van der Waals surface area (Å²) in [6.45, 7) is 2.02. The Hall–Kier alpha value is -0.490. The molecule has 0 aromatic carbocycles. The molecule has 0 N–H and O–H groups in total. The predicted molar refractivity (Wildman–Crippen MR) is 53.5 cm³/mol. The van der Waals surface area contributed by atoms with E-state index in [2.05, 4.69) is 22.6 Å². The van der Waals surface area contributed by atoms with Gasteiger partial charge in [-0.1, -0.05) is 0 Å². The van der Waals surface area contributed by atoms with Crippen LogP contribution in [0.25, 0.3) is 11.3 Å². The van der Waals surface area contributed by atoms with E-state index in [9.17, 15) is 0 Å². The first-order valence-electron chi connectivity index (χ1n) is 4.13. The minimum Gasteiger partial charge on any atom is -1.00 e. The molecule has 0 bridgehead atoms. The summed E-state index contributed by atoms with van der Waals surface area (Å²) in [5.41, 5.74) is 2.24. The van der Waals surface area contributed by atoms with E-state index in [1.807, 2.05) is 30.8 Å². The van der Waals surface area contributed by atoms with E-state index in [1.165, 1.54) is 5.56 Å². The molecule has 0 saturated heterocycles. The van der Waals surface area contributed by atoms with Crippen molar-refractivity contribution < 1.29 is 28.5 Å². The van der Waals surface area contributed by atoms with Gasteiger partial charge in [0, 0.05) is 11.4 Å². The molecule has 4 heteroatoms. The summed E-state index contributed by atoms with van der Waals surface area (Å²) in [6, 6.07) is 4.11. The molecule has 2 aromatic rings. The van der Waals surface area contributed by atoms with Crippen molar-refractivity contribution in [3.05, 3.63) is 34.9 Å². The van der Waals surface area contributed by atoms with E-state index < -0.39 is 0 Å². The Morgan fingerprint density at radius 1 is 1.43 bits per heavy atom. The maximum absolute atomic E-state index is 4.43. The van der Waals surface area contributed by atoms with Crippen LogP contribution in [0.3, 0.4) is 0 Å². The number of thiazole rings is 1. The molecule has 0 spiro atoms. The molecular weight excluding hydrogens is 307 g/mol. The van der Waals surface area contributed by atoms with Crippen LogP contribution in [0.5, 0.6) is 0 Å². The first kappa shape index (κ1) is 11.6. The summed E-state index contributed by atoms with van der Waals surface area (Å²) in [6.07, 6.45) is 4.09. The number of pyridine rings is 1. The van der Waals surface area contributed by atoms with Crippen LogP contribution in [-0.2, 0) is 7.05 Å². The summed E-state index contributed by atoms with van der Waals surface area (Å²) < 4.78 is 2.03. The predicted octanol–water partition coefficient (Wildman–Crippen LogP) is -1.05. The van der Waals surface area contributed by atoms with Crippen LogP contribution in [0, 0.1) is 6.92 Å². The molecule has 0 atom stereocenters. The number of halogens is 1.